The molecule has 6 N–H and O–H groups in total. The number of esters is 1. The number of carbonyl (C=O) groups is 1. The number of allylic oxidation sites excluding steroid dienone is 2. The first kappa shape index (κ1) is 16.0. The Balaban J connectivity index is 2.12. The van der Waals surface area contributed by atoms with E-state index in [1.807, 2.05) is 13.0 Å². The molecule has 6 heteroatoms. The van der Waals surface area contributed by atoms with E-state index >= 15 is 0 Å². The maximum Gasteiger partial charge on any atom is 0.337 e. The molecule has 0 saturated carbocycles. The van der Waals surface area contributed by atoms with E-state index in [4.69, 9.17) is 26.7 Å². The Labute approximate surface area is 135 Å². The summed E-state index contributed by atoms with van der Waals surface area (Å²) in [5.74, 6) is 0.265. The summed E-state index contributed by atoms with van der Waals surface area (Å²) in [6.45, 7) is 2.47. The van der Waals surface area contributed by atoms with Gasteiger partial charge in [0.05, 0.1) is 31.0 Å². The van der Waals surface area contributed by atoms with Gasteiger partial charge in [-0.25, -0.2) is 4.79 Å². The second-order valence-corrected chi connectivity index (χ2v) is 6.30. The molecule has 124 valence electrons. The Hall–Kier alpha value is -1.89. The highest BCUT2D eigenvalue weighted by atomic mass is 16.5. The van der Waals surface area contributed by atoms with Gasteiger partial charge in [0.2, 0.25) is 0 Å². The SMILES string of the molecule is CC=CCC1COc2cc(C(=O)OC)cc3c2C1C(N)(N)C3N. The Morgan fingerprint density at radius 3 is 2.87 bits per heavy atom. The summed E-state index contributed by atoms with van der Waals surface area (Å²) in [5.41, 5.74) is 20.2. The summed E-state index contributed by atoms with van der Waals surface area (Å²) in [4.78, 5) is 11.9. The highest BCUT2D eigenvalue weighted by Crippen LogP contribution is 2.54. The van der Waals surface area contributed by atoms with Gasteiger partial charge in [-0.15, -0.1) is 0 Å². The summed E-state index contributed by atoms with van der Waals surface area (Å²) >= 11 is 0. The largest absolute Gasteiger partial charge is 0.493 e. The highest BCUT2D eigenvalue weighted by molar-refractivity contribution is 5.90. The zero-order valence-electron chi connectivity index (χ0n) is 13.4. The minimum Gasteiger partial charge on any atom is -0.493 e. The predicted octanol–water partition coefficient (Wildman–Crippen LogP) is 1.16. The summed E-state index contributed by atoms with van der Waals surface area (Å²) < 4.78 is 10.7. The molecule has 0 saturated heterocycles. The third-order valence-corrected chi connectivity index (χ3v) is 4.92. The molecule has 0 spiro atoms. The fourth-order valence-electron chi connectivity index (χ4n) is 3.76. The van der Waals surface area contributed by atoms with E-state index in [1.165, 1.54) is 7.11 Å². The van der Waals surface area contributed by atoms with Crippen molar-refractivity contribution >= 4 is 5.97 Å². The van der Waals surface area contributed by atoms with Crippen molar-refractivity contribution in [2.75, 3.05) is 13.7 Å². The lowest BCUT2D eigenvalue weighted by molar-refractivity contribution is 0.0599. The van der Waals surface area contributed by atoms with E-state index in [2.05, 4.69) is 6.08 Å². The van der Waals surface area contributed by atoms with Crippen LogP contribution in [-0.4, -0.2) is 25.3 Å². The molecule has 3 atom stereocenters. The van der Waals surface area contributed by atoms with Gasteiger partial charge in [0.1, 0.15) is 5.75 Å². The van der Waals surface area contributed by atoms with Crippen molar-refractivity contribution in [3.63, 3.8) is 0 Å². The van der Waals surface area contributed by atoms with Crippen LogP contribution in [0.5, 0.6) is 5.75 Å². The van der Waals surface area contributed by atoms with Crippen molar-refractivity contribution in [1.82, 2.24) is 0 Å². The van der Waals surface area contributed by atoms with E-state index in [1.54, 1.807) is 12.1 Å². The Morgan fingerprint density at radius 1 is 1.48 bits per heavy atom. The van der Waals surface area contributed by atoms with Gasteiger partial charge in [-0.3, -0.25) is 0 Å². The van der Waals surface area contributed by atoms with E-state index < -0.39 is 17.7 Å². The molecule has 1 aromatic carbocycles. The maximum absolute atomic E-state index is 11.9. The van der Waals surface area contributed by atoms with Crippen molar-refractivity contribution in [2.24, 2.45) is 23.1 Å². The number of nitrogens with two attached hydrogens (primary N) is 3. The van der Waals surface area contributed by atoms with Gasteiger partial charge >= 0.3 is 5.97 Å². The summed E-state index contributed by atoms with van der Waals surface area (Å²) in [6, 6.07) is 2.86. The maximum atomic E-state index is 11.9. The number of benzene rings is 1. The molecule has 0 amide bonds. The fraction of sp³-hybridized carbons (Fsp3) is 0.471. The average Bonchev–Trinajstić information content (AvgIpc) is 2.75. The van der Waals surface area contributed by atoms with Crippen LogP contribution in [0.2, 0.25) is 0 Å². The minimum atomic E-state index is -1.07. The molecule has 3 rings (SSSR count). The lowest BCUT2D eigenvalue weighted by atomic mass is 9.78. The van der Waals surface area contributed by atoms with Gasteiger partial charge in [0.25, 0.3) is 0 Å². The molecule has 0 fully saturated rings. The molecule has 1 aliphatic carbocycles. The highest BCUT2D eigenvalue weighted by Gasteiger charge is 2.53. The Bertz CT molecular complexity index is 669. The monoisotopic (exact) mass is 317 g/mol. The van der Waals surface area contributed by atoms with Gasteiger partial charge < -0.3 is 26.7 Å². The Kier molecular flexibility index (Phi) is 3.91. The standard InChI is InChI=1S/C17H23N3O3/c1-3-4-5-9-8-23-12-7-10(16(21)22-2)6-11-13(12)14(9)17(19,20)15(11)18/h3-4,6-7,9,14-15H,5,8,18-20H2,1-2H3. The normalized spacial score (nSPS) is 27.6. The molecule has 0 aromatic heterocycles. The summed E-state index contributed by atoms with van der Waals surface area (Å²) in [6.07, 6.45) is 4.91. The second kappa shape index (κ2) is 5.63. The smallest absolute Gasteiger partial charge is 0.337 e. The second-order valence-electron chi connectivity index (χ2n) is 6.30. The molecule has 1 aliphatic heterocycles. The van der Waals surface area contributed by atoms with Crippen molar-refractivity contribution in [2.45, 2.75) is 31.0 Å². The van der Waals surface area contributed by atoms with Crippen LogP contribution in [0.1, 0.15) is 46.8 Å². The van der Waals surface area contributed by atoms with Gasteiger partial charge in [0.15, 0.2) is 0 Å². The van der Waals surface area contributed by atoms with E-state index in [-0.39, 0.29) is 11.8 Å². The third-order valence-electron chi connectivity index (χ3n) is 4.92. The minimum absolute atomic E-state index is 0.0980. The molecular formula is C17H23N3O3. The first-order valence-corrected chi connectivity index (χ1v) is 7.75. The van der Waals surface area contributed by atoms with Gasteiger partial charge in [-0.05, 0) is 31.0 Å². The van der Waals surface area contributed by atoms with Crippen LogP contribution in [0.4, 0.5) is 0 Å². The quantitative estimate of drug-likeness (QED) is 0.438. The predicted molar refractivity (Wildman–Crippen MR) is 87.0 cm³/mol. The van der Waals surface area contributed by atoms with Crippen LogP contribution in [0.15, 0.2) is 24.3 Å². The molecule has 0 radical (unpaired) electrons. The number of methoxy groups -OCH3 is 1. The summed E-state index contributed by atoms with van der Waals surface area (Å²) in [5, 5.41) is 0. The van der Waals surface area contributed by atoms with Crippen molar-refractivity contribution in [3.05, 3.63) is 41.0 Å². The zero-order chi connectivity index (χ0) is 16.8. The zero-order valence-corrected chi connectivity index (χ0v) is 13.4. The lowest BCUT2D eigenvalue weighted by Crippen LogP contribution is -2.60. The number of hydrogen-bond donors (Lipinski definition) is 3. The molecule has 1 heterocycles. The van der Waals surface area contributed by atoms with Gasteiger partial charge in [0, 0.05) is 17.4 Å². The fourth-order valence-corrected chi connectivity index (χ4v) is 3.76. The van der Waals surface area contributed by atoms with E-state index in [9.17, 15) is 4.79 Å². The first-order chi connectivity index (χ1) is 10.9. The third kappa shape index (κ3) is 2.34. The molecule has 3 unspecified atom stereocenters. The molecule has 2 aliphatic rings. The Morgan fingerprint density at radius 2 is 2.22 bits per heavy atom. The lowest BCUT2D eigenvalue weighted by Gasteiger charge is -2.38. The van der Waals surface area contributed by atoms with Crippen LogP contribution >= 0.6 is 0 Å². The number of rotatable bonds is 3. The van der Waals surface area contributed by atoms with Crippen LogP contribution < -0.4 is 21.9 Å². The summed E-state index contributed by atoms with van der Waals surface area (Å²) in [7, 11) is 1.34. The van der Waals surface area contributed by atoms with Gasteiger partial charge in [-0.1, -0.05) is 12.2 Å². The van der Waals surface area contributed by atoms with Crippen LogP contribution in [-0.2, 0) is 4.74 Å². The van der Waals surface area contributed by atoms with Crippen LogP contribution in [0, 0.1) is 5.92 Å². The van der Waals surface area contributed by atoms with Crippen molar-refractivity contribution < 1.29 is 14.3 Å². The molecule has 6 nitrogen and oxygen atoms in total. The number of hydrogen-bond acceptors (Lipinski definition) is 6. The molecule has 23 heavy (non-hydrogen) atoms. The average molecular weight is 317 g/mol. The van der Waals surface area contributed by atoms with E-state index in [0.29, 0.717) is 17.9 Å². The number of ether oxygens (including phenoxy) is 2. The molecule has 1 aromatic rings. The van der Waals surface area contributed by atoms with Gasteiger partial charge in [-0.2, -0.15) is 0 Å². The van der Waals surface area contributed by atoms with Crippen LogP contribution in [0.25, 0.3) is 0 Å². The van der Waals surface area contributed by atoms with E-state index in [0.717, 1.165) is 17.5 Å². The molecular weight excluding hydrogens is 294 g/mol. The first-order valence-electron chi connectivity index (χ1n) is 7.75. The topological polar surface area (TPSA) is 114 Å². The van der Waals surface area contributed by atoms with Crippen molar-refractivity contribution in [1.29, 1.82) is 0 Å². The molecule has 0 bridgehead atoms. The van der Waals surface area contributed by atoms with Crippen molar-refractivity contribution in [3.8, 4) is 5.75 Å². The van der Waals surface area contributed by atoms with Crippen LogP contribution in [0.3, 0.4) is 0 Å². The number of carbonyl (C=O) groups excluding carboxylic acids is 1.